The first-order valence-electron chi connectivity index (χ1n) is 9.80. The van der Waals surface area contributed by atoms with Crippen LogP contribution >= 0.6 is 0 Å². The topological polar surface area (TPSA) is 99.6 Å². The Bertz CT molecular complexity index is 1240. The van der Waals surface area contributed by atoms with Crippen molar-refractivity contribution in [3.05, 3.63) is 48.8 Å². The highest BCUT2D eigenvalue weighted by atomic mass is 32.2. The van der Waals surface area contributed by atoms with Gasteiger partial charge >= 0.3 is 7.12 Å². The third-order valence-corrected chi connectivity index (χ3v) is 7.07. The van der Waals surface area contributed by atoms with Crippen molar-refractivity contribution in [3.8, 4) is 5.88 Å². The number of hydrogen-bond donors (Lipinski definition) is 1. The third kappa shape index (κ3) is 3.98. The molecule has 0 saturated carbocycles. The molecule has 0 bridgehead atoms. The van der Waals surface area contributed by atoms with Gasteiger partial charge in [0.2, 0.25) is 5.88 Å². The van der Waals surface area contributed by atoms with Crippen molar-refractivity contribution in [1.82, 2.24) is 9.97 Å². The van der Waals surface area contributed by atoms with Crippen molar-refractivity contribution in [3.63, 3.8) is 0 Å². The van der Waals surface area contributed by atoms with Crippen molar-refractivity contribution in [1.29, 1.82) is 0 Å². The molecule has 1 N–H and O–H groups in total. The molecule has 1 aliphatic heterocycles. The molecule has 0 aliphatic carbocycles. The van der Waals surface area contributed by atoms with Gasteiger partial charge in [-0.25, -0.2) is 13.4 Å². The molecule has 1 saturated heterocycles. The number of nitrogens with zero attached hydrogens (tertiary/aromatic N) is 2. The molecule has 0 atom stereocenters. The van der Waals surface area contributed by atoms with Gasteiger partial charge in [0.15, 0.2) is 0 Å². The highest BCUT2D eigenvalue weighted by Gasteiger charge is 2.52. The molecule has 164 valence electrons. The third-order valence-electron chi connectivity index (χ3n) is 5.69. The van der Waals surface area contributed by atoms with E-state index >= 15 is 0 Å². The number of fused-ring (bicyclic) bond motifs is 1. The number of anilines is 1. The quantitative estimate of drug-likeness (QED) is 0.606. The Hall–Kier alpha value is -2.69. The monoisotopic (exact) mass is 443 g/mol. The summed E-state index contributed by atoms with van der Waals surface area (Å²) in [5, 5.41) is 0.818. The lowest BCUT2D eigenvalue weighted by molar-refractivity contribution is 0.00578. The van der Waals surface area contributed by atoms with Gasteiger partial charge in [-0.05, 0) is 45.9 Å². The zero-order chi connectivity index (χ0) is 22.4. The van der Waals surface area contributed by atoms with Crippen LogP contribution in [0.15, 0.2) is 53.7 Å². The predicted octanol–water partition coefficient (Wildman–Crippen LogP) is 2.98. The lowest BCUT2D eigenvalue weighted by atomic mass is 9.80. The van der Waals surface area contributed by atoms with Gasteiger partial charge < -0.3 is 14.0 Å². The Kier molecular flexibility index (Phi) is 5.19. The number of methoxy groups -OCH3 is 1. The summed E-state index contributed by atoms with van der Waals surface area (Å²) in [5.74, 6) is -0.0264. The van der Waals surface area contributed by atoms with Crippen LogP contribution in [-0.2, 0) is 19.3 Å². The fourth-order valence-corrected chi connectivity index (χ4v) is 4.43. The summed E-state index contributed by atoms with van der Waals surface area (Å²) in [7, 11) is -3.40. The number of hydrogen-bond acceptors (Lipinski definition) is 7. The van der Waals surface area contributed by atoms with Crippen molar-refractivity contribution in [2.24, 2.45) is 0 Å². The molecule has 0 amide bonds. The molecule has 2 aromatic heterocycles. The van der Waals surface area contributed by atoms with Crippen LogP contribution in [0.4, 0.5) is 5.69 Å². The van der Waals surface area contributed by atoms with Crippen LogP contribution in [0, 0.1) is 0 Å². The predicted molar refractivity (Wildman–Crippen MR) is 121 cm³/mol. The summed E-state index contributed by atoms with van der Waals surface area (Å²) in [5.41, 5.74) is 0.461. The second-order valence-electron chi connectivity index (χ2n) is 8.39. The van der Waals surface area contributed by atoms with Gasteiger partial charge in [-0.3, -0.25) is 9.71 Å². The summed E-state index contributed by atoms with van der Waals surface area (Å²) in [6.45, 7) is 7.71. The molecule has 4 rings (SSSR count). The minimum absolute atomic E-state index is 0. The SMILES string of the molecule is COc1ncc(B2OC(C)(C)C(C)(C)O2)cc1S(=O)(=O)Nc1cnc2ccccc2c1.[HH]. The highest BCUT2D eigenvalue weighted by molar-refractivity contribution is 7.92. The van der Waals surface area contributed by atoms with Gasteiger partial charge in [-0.2, -0.15) is 0 Å². The van der Waals surface area contributed by atoms with E-state index < -0.39 is 28.3 Å². The molecule has 10 heteroatoms. The molecule has 0 spiro atoms. The van der Waals surface area contributed by atoms with E-state index in [-0.39, 0.29) is 12.2 Å². The first-order chi connectivity index (χ1) is 14.5. The van der Waals surface area contributed by atoms with Gasteiger partial charge in [0.25, 0.3) is 10.0 Å². The van der Waals surface area contributed by atoms with Gasteiger partial charge in [-0.15, -0.1) is 0 Å². The molecule has 3 aromatic rings. The maximum atomic E-state index is 13.2. The first kappa shape index (κ1) is 21.5. The fourth-order valence-electron chi connectivity index (χ4n) is 3.24. The maximum absolute atomic E-state index is 13.2. The van der Waals surface area contributed by atoms with Gasteiger partial charge in [-0.1, -0.05) is 18.2 Å². The second kappa shape index (κ2) is 7.47. The summed E-state index contributed by atoms with van der Waals surface area (Å²) in [4.78, 5) is 8.36. The van der Waals surface area contributed by atoms with Crippen LogP contribution in [0.1, 0.15) is 29.1 Å². The van der Waals surface area contributed by atoms with Crippen LogP contribution in [-0.4, -0.2) is 43.8 Å². The Morgan fingerprint density at radius 1 is 1.03 bits per heavy atom. The van der Waals surface area contributed by atoms with E-state index in [2.05, 4.69) is 14.7 Å². The lowest BCUT2D eigenvalue weighted by Gasteiger charge is -2.32. The van der Waals surface area contributed by atoms with E-state index in [0.717, 1.165) is 10.9 Å². The summed E-state index contributed by atoms with van der Waals surface area (Å²) < 4.78 is 46.2. The van der Waals surface area contributed by atoms with E-state index in [1.807, 2.05) is 52.0 Å². The molecule has 0 unspecified atom stereocenters. The summed E-state index contributed by atoms with van der Waals surface area (Å²) in [6.07, 6.45) is 2.97. The molecule has 0 radical (unpaired) electrons. The number of para-hydroxylation sites is 1. The van der Waals surface area contributed by atoms with Crippen LogP contribution in [0.3, 0.4) is 0 Å². The van der Waals surface area contributed by atoms with E-state index in [4.69, 9.17) is 14.0 Å². The highest BCUT2D eigenvalue weighted by Crippen LogP contribution is 2.36. The van der Waals surface area contributed by atoms with E-state index in [0.29, 0.717) is 11.2 Å². The first-order valence-corrected chi connectivity index (χ1v) is 11.3. The minimum Gasteiger partial charge on any atom is -0.480 e. The zero-order valence-corrected chi connectivity index (χ0v) is 18.9. The number of aromatic nitrogens is 2. The summed E-state index contributed by atoms with van der Waals surface area (Å²) in [6, 6.07) is 10.6. The van der Waals surface area contributed by atoms with E-state index in [1.54, 1.807) is 6.07 Å². The number of nitrogens with one attached hydrogen (secondary N) is 1. The van der Waals surface area contributed by atoms with Crippen LogP contribution < -0.4 is 14.9 Å². The molecule has 31 heavy (non-hydrogen) atoms. The average Bonchev–Trinajstić information content (AvgIpc) is 2.94. The van der Waals surface area contributed by atoms with Crippen LogP contribution in [0.5, 0.6) is 5.88 Å². The minimum atomic E-state index is -4.02. The van der Waals surface area contributed by atoms with Crippen molar-refractivity contribution < 1.29 is 23.9 Å². The van der Waals surface area contributed by atoms with Crippen LogP contribution in [0.2, 0.25) is 0 Å². The van der Waals surface area contributed by atoms with Gasteiger partial charge in [0.05, 0.1) is 35.7 Å². The van der Waals surface area contributed by atoms with E-state index in [1.165, 1.54) is 25.6 Å². The lowest BCUT2D eigenvalue weighted by Crippen LogP contribution is -2.41. The van der Waals surface area contributed by atoms with Gasteiger partial charge in [0.1, 0.15) is 4.90 Å². The van der Waals surface area contributed by atoms with Crippen LogP contribution in [0.25, 0.3) is 10.9 Å². The Morgan fingerprint density at radius 3 is 2.39 bits per heavy atom. The number of rotatable bonds is 5. The largest absolute Gasteiger partial charge is 0.496 e. The maximum Gasteiger partial charge on any atom is 0.496 e. The van der Waals surface area contributed by atoms with Gasteiger partial charge in [0, 0.05) is 18.5 Å². The molecule has 8 nitrogen and oxygen atoms in total. The van der Waals surface area contributed by atoms with Crippen molar-refractivity contribution >= 4 is 39.2 Å². The second-order valence-corrected chi connectivity index (χ2v) is 10.0. The zero-order valence-electron chi connectivity index (χ0n) is 18.0. The normalized spacial score (nSPS) is 17.6. The fraction of sp³-hybridized carbons (Fsp3) is 0.333. The average molecular weight is 443 g/mol. The smallest absolute Gasteiger partial charge is 0.480 e. The molecule has 1 aromatic carbocycles. The summed E-state index contributed by atoms with van der Waals surface area (Å²) >= 11 is 0. The number of benzene rings is 1. The standard InChI is InChI=1S/C21H24BN3O5S.H2/c1-20(2)21(3,4)30-22(29-20)15-11-18(19(28-5)24-12-15)31(26,27)25-16-10-14-8-6-7-9-17(14)23-13-16;/h6-13,25H,1-5H3;1H. The Labute approximate surface area is 183 Å². The molecular formula is C21H26BN3O5S. The molecule has 1 aliphatic rings. The molecule has 1 fully saturated rings. The number of ether oxygens (including phenoxy) is 1. The molecule has 3 heterocycles. The Balaban J connectivity index is 0.00000289. The number of sulfonamides is 1. The molecular weight excluding hydrogens is 417 g/mol. The van der Waals surface area contributed by atoms with E-state index in [9.17, 15) is 8.42 Å². The number of pyridine rings is 2. The van der Waals surface area contributed by atoms with Crippen molar-refractivity contribution in [2.75, 3.05) is 11.8 Å². The Morgan fingerprint density at radius 2 is 1.71 bits per heavy atom. The van der Waals surface area contributed by atoms with Crippen molar-refractivity contribution in [2.45, 2.75) is 43.8 Å².